The number of halogens is 2. The van der Waals surface area contributed by atoms with E-state index in [9.17, 15) is 4.79 Å². The molecule has 0 fully saturated rings. The van der Waals surface area contributed by atoms with Gasteiger partial charge in [-0.2, -0.15) is 0 Å². The van der Waals surface area contributed by atoms with Crippen molar-refractivity contribution in [1.29, 1.82) is 0 Å². The fourth-order valence-electron chi connectivity index (χ4n) is 1.50. The molecule has 0 amide bonds. The van der Waals surface area contributed by atoms with Gasteiger partial charge in [0.25, 0.3) is 0 Å². The van der Waals surface area contributed by atoms with Gasteiger partial charge in [0.1, 0.15) is 5.75 Å². The van der Waals surface area contributed by atoms with E-state index in [4.69, 9.17) is 27.9 Å². The molecule has 0 heterocycles. The number of nitrogens with one attached hydrogen (secondary N) is 1. The summed E-state index contributed by atoms with van der Waals surface area (Å²) >= 11 is 12.1. The van der Waals surface area contributed by atoms with E-state index in [-0.39, 0.29) is 19.0 Å². The van der Waals surface area contributed by atoms with Gasteiger partial charge in [-0.3, -0.25) is 4.79 Å². The van der Waals surface area contributed by atoms with Crippen molar-refractivity contribution in [2.75, 3.05) is 20.3 Å². The molecule has 1 rings (SSSR count). The minimum Gasteiger partial charge on any atom is -0.491 e. The van der Waals surface area contributed by atoms with Crippen LogP contribution in [-0.2, 0) is 16.1 Å². The first-order valence-electron chi connectivity index (χ1n) is 5.96. The third-order valence-corrected chi connectivity index (χ3v) is 2.93. The topological polar surface area (TPSA) is 47.6 Å². The van der Waals surface area contributed by atoms with Crippen LogP contribution in [0, 0.1) is 0 Å². The van der Waals surface area contributed by atoms with Crippen molar-refractivity contribution in [1.82, 2.24) is 5.32 Å². The van der Waals surface area contributed by atoms with Crippen molar-refractivity contribution in [3.8, 4) is 5.75 Å². The van der Waals surface area contributed by atoms with Gasteiger partial charge in [0, 0.05) is 17.1 Å². The fraction of sp³-hybridized carbons (Fsp3) is 0.462. The Kier molecular flexibility index (Phi) is 6.99. The van der Waals surface area contributed by atoms with Crippen molar-refractivity contribution in [3.63, 3.8) is 0 Å². The van der Waals surface area contributed by atoms with Crippen LogP contribution in [0.15, 0.2) is 12.1 Å². The monoisotopic (exact) mass is 305 g/mol. The lowest BCUT2D eigenvalue weighted by Gasteiger charge is -2.14. The Morgan fingerprint density at radius 3 is 2.74 bits per heavy atom. The second-order valence-electron chi connectivity index (χ2n) is 3.83. The molecule has 106 valence electrons. The van der Waals surface area contributed by atoms with Crippen LogP contribution in [0.1, 0.15) is 18.9 Å². The Hall–Kier alpha value is -0.970. The lowest BCUT2D eigenvalue weighted by Crippen LogP contribution is -2.14. The molecule has 0 aliphatic rings. The van der Waals surface area contributed by atoms with E-state index >= 15 is 0 Å². The van der Waals surface area contributed by atoms with Crippen molar-refractivity contribution < 1.29 is 14.3 Å². The summed E-state index contributed by atoms with van der Waals surface area (Å²) in [4.78, 5) is 11.0. The molecule has 0 saturated carbocycles. The molecular formula is C13H17Cl2NO3. The average Bonchev–Trinajstić information content (AvgIpc) is 2.38. The molecule has 1 aromatic carbocycles. The molecule has 0 unspecified atom stereocenters. The SMILES string of the molecule is CCNCc1cc(Cl)cc(Cl)c1OCCC(=O)OC. The summed E-state index contributed by atoms with van der Waals surface area (Å²) in [6.45, 7) is 3.65. The predicted molar refractivity (Wildman–Crippen MR) is 76.0 cm³/mol. The van der Waals surface area contributed by atoms with E-state index in [0.29, 0.717) is 22.3 Å². The molecule has 0 aromatic heterocycles. The number of ether oxygens (including phenoxy) is 2. The van der Waals surface area contributed by atoms with E-state index in [0.717, 1.165) is 12.1 Å². The molecule has 6 heteroatoms. The van der Waals surface area contributed by atoms with Crippen LogP contribution in [0.5, 0.6) is 5.75 Å². The molecule has 1 aromatic rings. The Labute approximate surface area is 123 Å². The third kappa shape index (κ3) is 5.27. The zero-order valence-corrected chi connectivity index (χ0v) is 12.5. The number of benzene rings is 1. The van der Waals surface area contributed by atoms with Gasteiger partial charge >= 0.3 is 5.97 Å². The molecule has 1 N–H and O–H groups in total. The maximum atomic E-state index is 11.0. The molecule has 0 aliphatic carbocycles. The van der Waals surface area contributed by atoms with E-state index in [1.165, 1.54) is 7.11 Å². The average molecular weight is 306 g/mol. The Morgan fingerprint density at radius 1 is 1.37 bits per heavy atom. The van der Waals surface area contributed by atoms with Crippen LogP contribution in [0.3, 0.4) is 0 Å². The second kappa shape index (κ2) is 8.25. The molecule has 0 atom stereocenters. The normalized spacial score (nSPS) is 10.3. The Balaban J connectivity index is 2.76. The van der Waals surface area contributed by atoms with Crippen LogP contribution >= 0.6 is 23.2 Å². The number of hydrogen-bond donors (Lipinski definition) is 1. The zero-order valence-electron chi connectivity index (χ0n) is 11.0. The van der Waals surface area contributed by atoms with Crippen LogP contribution in [0.4, 0.5) is 0 Å². The first-order valence-corrected chi connectivity index (χ1v) is 6.72. The summed E-state index contributed by atoms with van der Waals surface area (Å²) in [6.07, 6.45) is 0.177. The van der Waals surface area contributed by atoms with Gasteiger partial charge < -0.3 is 14.8 Å². The number of carbonyl (C=O) groups excluding carboxylic acids is 1. The zero-order chi connectivity index (χ0) is 14.3. The minimum atomic E-state index is -0.321. The summed E-state index contributed by atoms with van der Waals surface area (Å²) in [5.74, 6) is 0.231. The lowest BCUT2D eigenvalue weighted by atomic mass is 10.2. The Bertz CT molecular complexity index is 438. The largest absolute Gasteiger partial charge is 0.491 e. The van der Waals surface area contributed by atoms with Crippen molar-refractivity contribution in [2.24, 2.45) is 0 Å². The van der Waals surface area contributed by atoms with Gasteiger partial charge in [-0.1, -0.05) is 30.1 Å². The van der Waals surface area contributed by atoms with Crippen molar-refractivity contribution in [3.05, 3.63) is 27.7 Å². The highest BCUT2D eigenvalue weighted by molar-refractivity contribution is 6.35. The van der Waals surface area contributed by atoms with Gasteiger partial charge in [0.15, 0.2) is 0 Å². The van der Waals surface area contributed by atoms with E-state index in [1.807, 2.05) is 6.92 Å². The molecular weight excluding hydrogens is 289 g/mol. The van der Waals surface area contributed by atoms with Gasteiger partial charge in [0.05, 0.1) is 25.2 Å². The predicted octanol–water partition coefficient (Wildman–Crippen LogP) is 3.04. The number of esters is 1. The fourth-order valence-corrected chi connectivity index (χ4v) is 2.09. The second-order valence-corrected chi connectivity index (χ2v) is 4.67. The standard InChI is InChI=1S/C13H17Cl2NO3/c1-3-16-8-9-6-10(14)7-11(15)13(9)19-5-4-12(17)18-2/h6-7,16H,3-5,8H2,1-2H3. The summed E-state index contributed by atoms with van der Waals surface area (Å²) in [7, 11) is 1.34. The van der Waals surface area contributed by atoms with Gasteiger partial charge in [-0.15, -0.1) is 0 Å². The molecule has 0 aliphatic heterocycles. The van der Waals surface area contributed by atoms with Crippen LogP contribution in [0.25, 0.3) is 0 Å². The molecule has 4 nitrogen and oxygen atoms in total. The lowest BCUT2D eigenvalue weighted by molar-refractivity contribution is -0.141. The first-order chi connectivity index (χ1) is 9.08. The highest BCUT2D eigenvalue weighted by Gasteiger charge is 2.11. The van der Waals surface area contributed by atoms with E-state index in [2.05, 4.69) is 10.1 Å². The maximum Gasteiger partial charge on any atom is 0.308 e. The van der Waals surface area contributed by atoms with Gasteiger partial charge in [-0.05, 0) is 18.7 Å². The summed E-state index contributed by atoms with van der Waals surface area (Å²) in [6, 6.07) is 3.41. The van der Waals surface area contributed by atoms with Crippen LogP contribution in [0.2, 0.25) is 10.0 Å². The first kappa shape index (κ1) is 16.1. The highest BCUT2D eigenvalue weighted by Crippen LogP contribution is 2.32. The number of hydrogen-bond acceptors (Lipinski definition) is 4. The number of carbonyl (C=O) groups is 1. The molecule has 0 spiro atoms. The summed E-state index contributed by atoms with van der Waals surface area (Å²) in [5, 5.41) is 4.17. The molecule has 0 bridgehead atoms. The van der Waals surface area contributed by atoms with Gasteiger partial charge in [-0.25, -0.2) is 0 Å². The minimum absolute atomic E-state index is 0.177. The number of rotatable bonds is 7. The smallest absolute Gasteiger partial charge is 0.308 e. The third-order valence-electron chi connectivity index (χ3n) is 2.43. The van der Waals surface area contributed by atoms with E-state index < -0.39 is 0 Å². The molecule has 0 saturated heterocycles. The van der Waals surface area contributed by atoms with Crippen LogP contribution < -0.4 is 10.1 Å². The molecule has 19 heavy (non-hydrogen) atoms. The van der Waals surface area contributed by atoms with Crippen molar-refractivity contribution >= 4 is 29.2 Å². The molecule has 0 radical (unpaired) electrons. The quantitative estimate of drug-likeness (QED) is 0.787. The Morgan fingerprint density at radius 2 is 2.11 bits per heavy atom. The summed E-state index contributed by atoms with van der Waals surface area (Å²) < 4.78 is 10.1. The highest BCUT2D eigenvalue weighted by atomic mass is 35.5. The van der Waals surface area contributed by atoms with Crippen LogP contribution in [-0.4, -0.2) is 26.2 Å². The maximum absolute atomic E-state index is 11.0. The van der Waals surface area contributed by atoms with Crippen molar-refractivity contribution in [2.45, 2.75) is 19.9 Å². The summed E-state index contributed by atoms with van der Waals surface area (Å²) in [5.41, 5.74) is 0.865. The number of methoxy groups -OCH3 is 1. The van der Waals surface area contributed by atoms with E-state index in [1.54, 1.807) is 12.1 Å². The van der Waals surface area contributed by atoms with Gasteiger partial charge in [0.2, 0.25) is 0 Å².